The predicted molar refractivity (Wildman–Crippen MR) is 79.9 cm³/mol. The molecule has 1 saturated heterocycles. The summed E-state index contributed by atoms with van der Waals surface area (Å²) in [5.41, 5.74) is 7.22. The SMILES string of the molecule is COc1ccc(N2CCN(C(C)(C)CN)CC2)cc1. The first-order chi connectivity index (χ1) is 9.06. The third-order valence-corrected chi connectivity index (χ3v) is 4.07. The smallest absolute Gasteiger partial charge is 0.119 e. The van der Waals surface area contributed by atoms with Gasteiger partial charge < -0.3 is 15.4 Å². The largest absolute Gasteiger partial charge is 0.497 e. The molecule has 1 aliphatic heterocycles. The Bertz CT molecular complexity index is 394. The third-order valence-electron chi connectivity index (χ3n) is 4.07. The number of nitrogens with two attached hydrogens (primary N) is 1. The molecular formula is C15H25N3O. The van der Waals surface area contributed by atoms with E-state index in [-0.39, 0.29) is 5.54 Å². The van der Waals surface area contributed by atoms with E-state index in [1.807, 2.05) is 12.1 Å². The summed E-state index contributed by atoms with van der Waals surface area (Å²) in [7, 11) is 1.70. The van der Waals surface area contributed by atoms with Crippen molar-refractivity contribution in [3.05, 3.63) is 24.3 Å². The van der Waals surface area contributed by atoms with Gasteiger partial charge in [0, 0.05) is 44.0 Å². The van der Waals surface area contributed by atoms with Gasteiger partial charge in [-0.3, -0.25) is 4.90 Å². The molecule has 0 spiro atoms. The molecule has 2 N–H and O–H groups in total. The molecule has 0 saturated carbocycles. The minimum absolute atomic E-state index is 0.103. The molecule has 0 aromatic heterocycles. The lowest BCUT2D eigenvalue weighted by molar-refractivity contribution is 0.119. The average Bonchev–Trinajstić information content (AvgIpc) is 2.47. The van der Waals surface area contributed by atoms with Crippen LogP contribution in [0.15, 0.2) is 24.3 Å². The molecule has 0 radical (unpaired) electrons. The van der Waals surface area contributed by atoms with E-state index in [1.54, 1.807) is 7.11 Å². The number of hydrogen-bond acceptors (Lipinski definition) is 4. The van der Waals surface area contributed by atoms with E-state index in [2.05, 4.69) is 35.8 Å². The predicted octanol–water partition coefficient (Wildman–Crippen LogP) is 1.55. The van der Waals surface area contributed by atoms with E-state index in [9.17, 15) is 0 Å². The lowest BCUT2D eigenvalue weighted by Crippen LogP contribution is -2.57. The second-order valence-corrected chi connectivity index (χ2v) is 5.69. The van der Waals surface area contributed by atoms with Crippen LogP contribution in [0.2, 0.25) is 0 Å². The van der Waals surface area contributed by atoms with Crippen molar-refractivity contribution in [2.45, 2.75) is 19.4 Å². The summed E-state index contributed by atoms with van der Waals surface area (Å²) in [6.07, 6.45) is 0. The van der Waals surface area contributed by atoms with Crippen LogP contribution >= 0.6 is 0 Å². The summed E-state index contributed by atoms with van der Waals surface area (Å²) < 4.78 is 5.19. The zero-order valence-corrected chi connectivity index (χ0v) is 12.2. The Morgan fingerprint density at radius 3 is 2.16 bits per heavy atom. The molecule has 0 bridgehead atoms. The van der Waals surface area contributed by atoms with Crippen LogP contribution in [0.5, 0.6) is 5.75 Å². The van der Waals surface area contributed by atoms with Gasteiger partial charge in [-0.25, -0.2) is 0 Å². The topological polar surface area (TPSA) is 41.7 Å². The van der Waals surface area contributed by atoms with E-state index < -0.39 is 0 Å². The van der Waals surface area contributed by atoms with Crippen molar-refractivity contribution < 1.29 is 4.74 Å². The number of benzene rings is 1. The zero-order valence-electron chi connectivity index (χ0n) is 12.2. The van der Waals surface area contributed by atoms with Crippen LogP contribution in [0, 0.1) is 0 Å². The molecule has 0 unspecified atom stereocenters. The Morgan fingerprint density at radius 2 is 1.68 bits per heavy atom. The van der Waals surface area contributed by atoms with E-state index in [1.165, 1.54) is 5.69 Å². The molecule has 0 aliphatic carbocycles. The fourth-order valence-electron chi connectivity index (χ4n) is 2.49. The zero-order chi connectivity index (χ0) is 13.9. The molecule has 1 fully saturated rings. The number of ether oxygens (including phenoxy) is 1. The first-order valence-corrected chi connectivity index (χ1v) is 6.91. The van der Waals surface area contributed by atoms with Gasteiger partial charge in [-0.05, 0) is 38.1 Å². The average molecular weight is 263 g/mol. The van der Waals surface area contributed by atoms with Crippen molar-refractivity contribution in [1.29, 1.82) is 0 Å². The van der Waals surface area contributed by atoms with E-state index in [0.717, 1.165) is 31.9 Å². The Morgan fingerprint density at radius 1 is 1.11 bits per heavy atom. The quantitative estimate of drug-likeness (QED) is 0.895. The summed E-state index contributed by atoms with van der Waals surface area (Å²) in [6, 6.07) is 8.29. The number of anilines is 1. The Kier molecular flexibility index (Phi) is 4.32. The van der Waals surface area contributed by atoms with Gasteiger partial charge in [0.25, 0.3) is 0 Å². The van der Waals surface area contributed by atoms with Crippen LogP contribution in [0.4, 0.5) is 5.69 Å². The van der Waals surface area contributed by atoms with Gasteiger partial charge in [0.1, 0.15) is 5.75 Å². The Labute approximate surface area is 116 Å². The third kappa shape index (κ3) is 3.19. The summed E-state index contributed by atoms with van der Waals surface area (Å²) in [6.45, 7) is 9.37. The maximum absolute atomic E-state index is 5.85. The highest BCUT2D eigenvalue weighted by Crippen LogP contribution is 2.22. The lowest BCUT2D eigenvalue weighted by Gasteiger charge is -2.44. The molecule has 0 amide bonds. The fraction of sp³-hybridized carbons (Fsp3) is 0.600. The van der Waals surface area contributed by atoms with Crippen molar-refractivity contribution in [2.75, 3.05) is 44.7 Å². The molecular weight excluding hydrogens is 238 g/mol. The van der Waals surface area contributed by atoms with Crippen molar-refractivity contribution >= 4 is 5.69 Å². The normalized spacial score (nSPS) is 17.6. The van der Waals surface area contributed by atoms with E-state index >= 15 is 0 Å². The summed E-state index contributed by atoms with van der Waals surface area (Å²) in [4.78, 5) is 4.90. The van der Waals surface area contributed by atoms with E-state index in [0.29, 0.717) is 6.54 Å². The number of methoxy groups -OCH3 is 1. The maximum Gasteiger partial charge on any atom is 0.119 e. The highest BCUT2D eigenvalue weighted by molar-refractivity contribution is 5.49. The Balaban J connectivity index is 1.95. The molecule has 4 nitrogen and oxygen atoms in total. The van der Waals surface area contributed by atoms with Gasteiger partial charge in [0.2, 0.25) is 0 Å². The van der Waals surface area contributed by atoms with Crippen LogP contribution in [0.3, 0.4) is 0 Å². The van der Waals surface area contributed by atoms with Crippen LogP contribution in [0.1, 0.15) is 13.8 Å². The standard InChI is InChI=1S/C15H25N3O/c1-15(2,12-16)18-10-8-17(9-11-18)13-4-6-14(19-3)7-5-13/h4-7H,8-12,16H2,1-3H3. The molecule has 19 heavy (non-hydrogen) atoms. The molecule has 2 rings (SSSR count). The van der Waals surface area contributed by atoms with Crippen LogP contribution in [0.25, 0.3) is 0 Å². The minimum atomic E-state index is 0.103. The summed E-state index contributed by atoms with van der Waals surface area (Å²) in [5, 5.41) is 0. The highest BCUT2D eigenvalue weighted by atomic mass is 16.5. The van der Waals surface area contributed by atoms with Gasteiger partial charge in [0.15, 0.2) is 0 Å². The molecule has 1 heterocycles. The number of piperazine rings is 1. The fourth-order valence-corrected chi connectivity index (χ4v) is 2.49. The van der Waals surface area contributed by atoms with Crippen molar-refractivity contribution in [3.63, 3.8) is 0 Å². The first kappa shape index (κ1) is 14.2. The van der Waals surface area contributed by atoms with Gasteiger partial charge in [-0.1, -0.05) is 0 Å². The van der Waals surface area contributed by atoms with Crippen molar-refractivity contribution in [1.82, 2.24) is 4.90 Å². The van der Waals surface area contributed by atoms with Gasteiger partial charge in [0.05, 0.1) is 7.11 Å². The molecule has 1 aromatic rings. The first-order valence-electron chi connectivity index (χ1n) is 6.91. The second-order valence-electron chi connectivity index (χ2n) is 5.69. The minimum Gasteiger partial charge on any atom is -0.497 e. The van der Waals surface area contributed by atoms with Crippen LogP contribution in [-0.2, 0) is 0 Å². The monoisotopic (exact) mass is 263 g/mol. The van der Waals surface area contributed by atoms with Gasteiger partial charge in [-0.2, -0.15) is 0 Å². The maximum atomic E-state index is 5.85. The molecule has 1 aliphatic rings. The van der Waals surface area contributed by atoms with E-state index in [4.69, 9.17) is 10.5 Å². The number of nitrogens with zero attached hydrogens (tertiary/aromatic N) is 2. The summed E-state index contributed by atoms with van der Waals surface area (Å²) in [5.74, 6) is 0.909. The molecule has 4 heteroatoms. The molecule has 0 atom stereocenters. The lowest BCUT2D eigenvalue weighted by atomic mass is 10.0. The van der Waals surface area contributed by atoms with Crippen molar-refractivity contribution in [2.24, 2.45) is 5.73 Å². The number of hydrogen-bond donors (Lipinski definition) is 1. The van der Waals surface area contributed by atoms with Gasteiger partial charge >= 0.3 is 0 Å². The summed E-state index contributed by atoms with van der Waals surface area (Å²) >= 11 is 0. The second kappa shape index (κ2) is 5.80. The number of rotatable bonds is 4. The molecule has 1 aromatic carbocycles. The van der Waals surface area contributed by atoms with Crippen LogP contribution in [-0.4, -0.2) is 50.3 Å². The van der Waals surface area contributed by atoms with Crippen molar-refractivity contribution in [3.8, 4) is 5.75 Å². The molecule has 106 valence electrons. The van der Waals surface area contributed by atoms with Crippen LogP contribution < -0.4 is 15.4 Å². The van der Waals surface area contributed by atoms with Gasteiger partial charge in [-0.15, -0.1) is 0 Å². The Hall–Kier alpha value is -1.26. The highest BCUT2D eigenvalue weighted by Gasteiger charge is 2.28.